The van der Waals surface area contributed by atoms with E-state index in [2.05, 4.69) is 31.0 Å². The minimum atomic E-state index is -1.19. The summed E-state index contributed by atoms with van der Waals surface area (Å²) < 4.78 is 0.756. The molecule has 0 saturated carbocycles. The van der Waals surface area contributed by atoms with Crippen LogP contribution in [0.1, 0.15) is 29.1 Å². The predicted octanol–water partition coefficient (Wildman–Crippen LogP) is 4.47. The summed E-state index contributed by atoms with van der Waals surface area (Å²) in [7, 11) is 0. The Balaban J connectivity index is 1.81. The largest absolute Gasteiger partial charge is 0.477 e. The van der Waals surface area contributed by atoms with Crippen LogP contribution < -0.4 is 11.2 Å². The number of carboxylic acids is 1. The molecule has 2 aromatic carbocycles. The summed E-state index contributed by atoms with van der Waals surface area (Å²) in [4.78, 5) is 40.5. The van der Waals surface area contributed by atoms with Crippen LogP contribution >= 0.6 is 23.1 Å². The Morgan fingerprint density at radius 3 is 2.53 bits per heavy atom. The number of aromatic carboxylic acids is 1. The van der Waals surface area contributed by atoms with Crippen molar-refractivity contribution in [2.45, 2.75) is 23.5 Å². The number of aromatic amines is 1. The van der Waals surface area contributed by atoms with Gasteiger partial charge in [0.2, 0.25) is 0 Å². The summed E-state index contributed by atoms with van der Waals surface area (Å²) in [5.41, 5.74) is 0.531. The van der Waals surface area contributed by atoms with Gasteiger partial charge in [0.1, 0.15) is 4.88 Å². The van der Waals surface area contributed by atoms with Crippen molar-refractivity contribution >= 4 is 40.0 Å². The van der Waals surface area contributed by atoms with E-state index in [1.165, 1.54) is 5.38 Å². The maximum Gasteiger partial charge on any atom is 0.346 e. The number of thiophene rings is 1. The van der Waals surface area contributed by atoms with Crippen molar-refractivity contribution < 1.29 is 9.90 Å². The number of fused-ring (bicyclic) bond motifs is 1. The van der Waals surface area contributed by atoms with Crippen molar-refractivity contribution in [1.29, 1.82) is 0 Å². The molecule has 0 atom stereocenters. The highest BCUT2D eigenvalue weighted by atomic mass is 32.2. The molecular formula is C22H18N2O4S2. The van der Waals surface area contributed by atoms with Gasteiger partial charge in [0.05, 0.1) is 16.6 Å². The van der Waals surface area contributed by atoms with Gasteiger partial charge >= 0.3 is 11.7 Å². The third-order valence-corrected chi connectivity index (χ3v) is 6.97. The SMILES string of the molecule is CC(C)(Sc1cccc(-n2c(=O)[nH]c3csc(C(=O)O)c3c2=O)c1)c1ccccc1. The van der Waals surface area contributed by atoms with Crippen LogP contribution in [0.25, 0.3) is 16.6 Å². The Labute approximate surface area is 179 Å². The predicted molar refractivity (Wildman–Crippen MR) is 120 cm³/mol. The summed E-state index contributed by atoms with van der Waals surface area (Å²) in [6.07, 6.45) is 0. The third-order valence-electron chi connectivity index (χ3n) is 4.76. The van der Waals surface area contributed by atoms with Crippen molar-refractivity contribution in [3.8, 4) is 5.69 Å². The summed E-state index contributed by atoms with van der Waals surface area (Å²) >= 11 is 2.53. The zero-order valence-corrected chi connectivity index (χ0v) is 17.8. The molecule has 30 heavy (non-hydrogen) atoms. The first kappa shape index (κ1) is 20.2. The van der Waals surface area contributed by atoms with E-state index in [4.69, 9.17) is 0 Å². The van der Waals surface area contributed by atoms with Gasteiger partial charge in [0, 0.05) is 15.0 Å². The molecule has 0 bridgehead atoms. The molecule has 2 N–H and O–H groups in total. The highest BCUT2D eigenvalue weighted by molar-refractivity contribution is 8.00. The van der Waals surface area contributed by atoms with Gasteiger partial charge in [-0.3, -0.25) is 4.79 Å². The molecule has 0 fully saturated rings. The molecule has 0 radical (unpaired) electrons. The quantitative estimate of drug-likeness (QED) is 0.449. The highest BCUT2D eigenvalue weighted by Gasteiger charge is 2.23. The van der Waals surface area contributed by atoms with Crippen LogP contribution in [0.15, 0.2) is 74.5 Å². The molecule has 0 aliphatic heterocycles. The fourth-order valence-corrected chi connectivity index (χ4v) is 5.31. The highest BCUT2D eigenvalue weighted by Crippen LogP contribution is 2.41. The topological polar surface area (TPSA) is 92.2 Å². The van der Waals surface area contributed by atoms with Crippen LogP contribution in [0.3, 0.4) is 0 Å². The first-order chi connectivity index (χ1) is 14.3. The average Bonchev–Trinajstić information content (AvgIpc) is 3.13. The number of aromatic nitrogens is 2. The summed E-state index contributed by atoms with van der Waals surface area (Å²) in [5, 5.41) is 10.9. The number of rotatable bonds is 5. The van der Waals surface area contributed by atoms with Crippen LogP contribution in [-0.4, -0.2) is 20.6 Å². The minimum absolute atomic E-state index is 0.00905. The Hall–Kier alpha value is -3.10. The Bertz CT molecular complexity index is 1370. The average molecular weight is 439 g/mol. The molecule has 0 saturated heterocycles. The van der Waals surface area contributed by atoms with E-state index in [-0.39, 0.29) is 20.5 Å². The third kappa shape index (κ3) is 3.59. The molecule has 8 heteroatoms. The van der Waals surface area contributed by atoms with Gasteiger partial charge < -0.3 is 10.1 Å². The van der Waals surface area contributed by atoms with Crippen molar-refractivity contribution in [3.63, 3.8) is 0 Å². The lowest BCUT2D eigenvalue weighted by molar-refractivity contribution is 0.0704. The van der Waals surface area contributed by atoms with E-state index in [0.29, 0.717) is 5.69 Å². The molecular weight excluding hydrogens is 420 g/mol. The molecule has 0 spiro atoms. The minimum Gasteiger partial charge on any atom is -0.477 e. The maximum absolute atomic E-state index is 13.0. The second-order valence-electron chi connectivity index (χ2n) is 7.21. The van der Waals surface area contributed by atoms with Crippen molar-refractivity contribution in [1.82, 2.24) is 9.55 Å². The van der Waals surface area contributed by atoms with Crippen LogP contribution in [0, 0.1) is 0 Å². The van der Waals surface area contributed by atoms with Crippen molar-refractivity contribution in [3.05, 3.63) is 91.3 Å². The number of thioether (sulfide) groups is 1. The van der Waals surface area contributed by atoms with Gasteiger partial charge in [-0.25, -0.2) is 14.2 Å². The fraction of sp³-hybridized carbons (Fsp3) is 0.136. The normalized spacial score (nSPS) is 11.7. The van der Waals surface area contributed by atoms with E-state index in [9.17, 15) is 19.5 Å². The molecule has 6 nitrogen and oxygen atoms in total. The lowest BCUT2D eigenvalue weighted by Crippen LogP contribution is -2.33. The number of nitrogens with one attached hydrogen (secondary N) is 1. The first-order valence-corrected chi connectivity index (χ1v) is 10.8. The van der Waals surface area contributed by atoms with Crippen molar-refractivity contribution in [2.75, 3.05) is 0 Å². The van der Waals surface area contributed by atoms with Crippen LogP contribution in [0.4, 0.5) is 0 Å². The van der Waals surface area contributed by atoms with Gasteiger partial charge in [-0.2, -0.15) is 0 Å². The van der Waals surface area contributed by atoms with E-state index < -0.39 is 17.2 Å². The second-order valence-corrected chi connectivity index (χ2v) is 9.78. The number of nitrogens with zero attached hydrogens (tertiary/aromatic N) is 1. The standard InChI is InChI=1S/C22H18N2O4S2/c1-22(2,13-7-4-3-5-8-13)30-15-10-6-9-14(11-15)24-19(25)17-16(23-21(24)28)12-29-18(17)20(26)27/h3-12H,1-2H3,(H,23,28)(H,26,27). The molecule has 2 heterocycles. The lowest BCUT2D eigenvalue weighted by Gasteiger charge is -2.25. The molecule has 0 aliphatic rings. The molecule has 4 aromatic rings. The van der Waals surface area contributed by atoms with Gasteiger partial charge in [0.25, 0.3) is 5.56 Å². The smallest absolute Gasteiger partial charge is 0.346 e. The second kappa shape index (κ2) is 7.62. The summed E-state index contributed by atoms with van der Waals surface area (Å²) in [6, 6.07) is 17.2. The Kier molecular flexibility index (Phi) is 5.13. The van der Waals surface area contributed by atoms with E-state index in [0.717, 1.165) is 26.4 Å². The van der Waals surface area contributed by atoms with Crippen LogP contribution in [-0.2, 0) is 4.75 Å². The zero-order chi connectivity index (χ0) is 21.5. The molecule has 0 unspecified atom stereocenters. The van der Waals surface area contributed by atoms with Crippen molar-refractivity contribution in [2.24, 2.45) is 0 Å². The van der Waals surface area contributed by atoms with Gasteiger partial charge in [-0.1, -0.05) is 36.4 Å². The Morgan fingerprint density at radius 1 is 1.10 bits per heavy atom. The molecule has 2 aromatic heterocycles. The molecule has 0 amide bonds. The van der Waals surface area contributed by atoms with E-state index >= 15 is 0 Å². The van der Waals surface area contributed by atoms with Gasteiger partial charge in [-0.05, 0) is 37.6 Å². The first-order valence-electron chi connectivity index (χ1n) is 9.13. The molecule has 152 valence electrons. The number of H-pyrrole nitrogens is 1. The number of hydrogen-bond donors (Lipinski definition) is 2. The summed E-state index contributed by atoms with van der Waals surface area (Å²) in [6.45, 7) is 4.21. The monoisotopic (exact) mass is 438 g/mol. The van der Waals surface area contributed by atoms with E-state index in [1.807, 2.05) is 24.3 Å². The number of benzene rings is 2. The zero-order valence-electron chi connectivity index (χ0n) is 16.2. The van der Waals surface area contributed by atoms with Gasteiger partial charge in [0.15, 0.2) is 0 Å². The number of carbonyl (C=O) groups is 1. The molecule has 0 aliphatic carbocycles. The van der Waals surface area contributed by atoms with Crippen LogP contribution in [0.2, 0.25) is 0 Å². The summed E-state index contributed by atoms with van der Waals surface area (Å²) in [5.74, 6) is -1.19. The molecule has 4 rings (SSSR count). The fourth-order valence-electron chi connectivity index (χ4n) is 3.31. The van der Waals surface area contributed by atoms with Crippen LogP contribution in [0.5, 0.6) is 0 Å². The van der Waals surface area contributed by atoms with E-state index in [1.54, 1.807) is 30.0 Å². The Morgan fingerprint density at radius 2 is 1.83 bits per heavy atom. The number of hydrogen-bond acceptors (Lipinski definition) is 5. The lowest BCUT2D eigenvalue weighted by atomic mass is 10.0. The van der Waals surface area contributed by atoms with Gasteiger partial charge in [-0.15, -0.1) is 23.1 Å². The number of carboxylic acid groups (broad SMARTS) is 1. The maximum atomic E-state index is 13.0.